The highest BCUT2D eigenvalue weighted by Crippen LogP contribution is 2.20. The number of aromatic nitrogens is 2. The second-order valence-electron chi connectivity index (χ2n) is 5.33. The van der Waals surface area contributed by atoms with Crippen molar-refractivity contribution >= 4 is 0 Å². The van der Waals surface area contributed by atoms with Crippen molar-refractivity contribution in [2.75, 3.05) is 20.1 Å². The summed E-state index contributed by atoms with van der Waals surface area (Å²) >= 11 is 0. The number of piperidine rings is 1. The maximum atomic E-state index is 4.21. The van der Waals surface area contributed by atoms with Gasteiger partial charge in [-0.2, -0.15) is 5.10 Å². The molecule has 2 rings (SSSR count). The van der Waals surface area contributed by atoms with E-state index < -0.39 is 0 Å². The number of nitrogens with one attached hydrogen (secondary N) is 1. The van der Waals surface area contributed by atoms with Crippen LogP contribution >= 0.6 is 0 Å². The van der Waals surface area contributed by atoms with Crippen LogP contribution in [-0.2, 0) is 6.54 Å². The van der Waals surface area contributed by atoms with Crippen molar-refractivity contribution in [1.29, 1.82) is 0 Å². The predicted octanol–water partition coefficient (Wildman–Crippen LogP) is 1.20. The molecule has 0 spiro atoms. The molecule has 1 aromatic rings. The summed E-state index contributed by atoms with van der Waals surface area (Å²) in [6.07, 6.45) is 5.10. The molecule has 1 fully saturated rings. The van der Waals surface area contributed by atoms with Crippen LogP contribution in [0.1, 0.15) is 20.3 Å². The molecular formula is C13H24N4. The van der Waals surface area contributed by atoms with Crippen LogP contribution in [0.4, 0.5) is 0 Å². The lowest BCUT2D eigenvalue weighted by Crippen LogP contribution is -2.51. The van der Waals surface area contributed by atoms with Crippen molar-refractivity contribution in [1.82, 2.24) is 20.0 Å². The first-order valence-corrected chi connectivity index (χ1v) is 6.58. The number of hydrogen-bond acceptors (Lipinski definition) is 3. The fourth-order valence-corrected chi connectivity index (χ4v) is 2.62. The van der Waals surface area contributed by atoms with Gasteiger partial charge in [0.05, 0.1) is 6.54 Å². The first-order chi connectivity index (χ1) is 8.16. The molecule has 0 aromatic carbocycles. The lowest BCUT2D eigenvalue weighted by molar-refractivity contribution is 0.121. The first-order valence-electron chi connectivity index (χ1n) is 6.58. The minimum Gasteiger partial charge on any atom is -0.312 e. The molecule has 2 heterocycles. The molecule has 1 N–H and O–H groups in total. The van der Waals surface area contributed by atoms with E-state index in [1.807, 2.05) is 23.1 Å². The summed E-state index contributed by atoms with van der Waals surface area (Å²) in [5.74, 6) is 0.730. The van der Waals surface area contributed by atoms with E-state index in [2.05, 4.69) is 36.2 Å². The summed E-state index contributed by atoms with van der Waals surface area (Å²) in [5.41, 5.74) is 0. The van der Waals surface area contributed by atoms with Gasteiger partial charge in [0.1, 0.15) is 0 Å². The van der Waals surface area contributed by atoms with Gasteiger partial charge >= 0.3 is 0 Å². The van der Waals surface area contributed by atoms with Crippen LogP contribution in [0.5, 0.6) is 0 Å². The Morgan fingerprint density at radius 1 is 1.41 bits per heavy atom. The van der Waals surface area contributed by atoms with Crippen molar-refractivity contribution in [3.63, 3.8) is 0 Å². The minimum absolute atomic E-state index is 0.650. The van der Waals surface area contributed by atoms with E-state index in [1.165, 1.54) is 13.0 Å². The summed E-state index contributed by atoms with van der Waals surface area (Å²) < 4.78 is 1.98. The SMILES string of the molecule is CC1CN(C)C(C)CC1NCCn1cccn1. The lowest BCUT2D eigenvalue weighted by Gasteiger charge is -2.40. The van der Waals surface area contributed by atoms with E-state index in [0.29, 0.717) is 12.1 Å². The van der Waals surface area contributed by atoms with Gasteiger partial charge in [0, 0.05) is 37.6 Å². The largest absolute Gasteiger partial charge is 0.312 e. The van der Waals surface area contributed by atoms with Crippen molar-refractivity contribution < 1.29 is 0 Å². The van der Waals surface area contributed by atoms with E-state index in [9.17, 15) is 0 Å². The summed E-state index contributed by atoms with van der Waals surface area (Å²) in [7, 11) is 2.22. The van der Waals surface area contributed by atoms with E-state index in [0.717, 1.165) is 19.0 Å². The number of likely N-dealkylation sites (tertiary alicyclic amines) is 1. The van der Waals surface area contributed by atoms with Crippen LogP contribution in [0.25, 0.3) is 0 Å². The molecule has 3 unspecified atom stereocenters. The van der Waals surface area contributed by atoms with Crippen LogP contribution in [-0.4, -0.2) is 46.9 Å². The summed E-state index contributed by atoms with van der Waals surface area (Å²) in [6.45, 7) is 7.82. The molecule has 1 aliphatic rings. The van der Waals surface area contributed by atoms with Gasteiger partial charge in [0.15, 0.2) is 0 Å². The Bertz CT molecular complexity index is 322. The normalized spacial score (nSPS) is 30.6. The Morgan fingerprint density at radius 2 is 2.24 bits per heavy atom. The fraction of sp³-hybridized carbons (Fsp3) is 0.769. The number of nitrogens with zero attached hydrogens (tertiary/aromatic N) is 3. The Labute approximate surface area is 104 Å². The van der Waals surface area contributed by atoms with Crippen LogP contribution in [0.2, 0.25) is 0 Å². The Hall–Kier alpha value is -0.870. The third-order valence-corrected chi connectivity index (χ3v) is 3.92. The van der Waals surface area contributed by atoms with Crippen LogP contribution in [0, 0.1) is 5.92 Å². The Kier molecular flexibility index (Phi) is 4.18. The highest BCUT2D eigenvalue weighted by molar-refractivity contribution is 4.86. The minimum atomic E-state index is 0.650. The molecule has 1 saturated heterocycles. The molecule has 1 aromatic heterocycles. The van der Waals surface area contributed by atoms with E-state index in [1.54, 1.807) is 0 Å². The average molecular weight is 236 g/mol. The quantitative estimate of drug-likeness (QED) is 0.853. The highest BCUT2D eigenvalue weighted by Gasteiger charge is 2.28. The third kappa shape index (κ3) is 3.30. The first kappa shape index (κ1) is 12.6. The monoisotopic (exact) mass is 236 g/mol. The van der Waals surface area contributed by atoms with Crippen molar-refractivity contribution in [3.8, 4) is 0 Å². The molecular weight excluding hydrogens is 212 g/mol. The van der Waals surface area contributed by atoms with Gasteiger partial charge < -0.3 is 10.2 Å². The maximum Gasteiger partial charge on any atom is 0.0534 e. The molecule has 0 amide bonds. The Balaban J connectivity index is 1.75. The molecule has 17 heavy (non-hydrogen) atoms. The zero-order valence-electron chi connectivity index (χ0n) is 11.1. The zero-order chi connectivity index (χ0) is 12.3. The molecule has 4 nitrogen and oxygen atoms in total. The van der Waals surface area contributed by atoms with Gasteiger partial charge in [-0.25, -0.2) is 0 Å². The third-order valence-electron chi connectivity index (χ3n) is 3.92. The summed E-state index contributed by atoms with van der Waals surface area (Å²) in [6, 6.07) is 3.31. The number of hydrogen-bond donors (Lipinski definition) is 1. The lowest BCUT2D eigenvalue weighted by atomic mass is 9.90. The molecule has 1 aliphatic heterocycles. The average Bonchev–Trinajstić information content (AvgIpc) is 2.78. The van der Waals surface area contributed by atoms with Crippen LogP contribution in [0.15, 0.2) is 18.5 Å². The highest BCUT2D eigenvalue weighted by atomic mass is 15.3. The van der Waals surface area contributed by atoms with Crippen molar-refractivity contribution in [3.05, 3.63) is 18.5 Å². The molecule has 0 radical (unpaired) electrons. The summed E-state index contributed by atoms with van der Waals surface area (Å²) in [5, 5.41) is 7.89. The number of rotatable bonds is 4. The van der Waals surface area contributed by atoms with Crippen molar-refractivity contribution in [2.24, 2.45) is 5.92 Å². The smallest absolute Gasteiger partial charge is 0.0534 e. The van der Waals surface area contributed by atoms with Gasteiger partial charge in [-0.1, -0.05) is 6.92 Å². The van der Waals surface area contributed by atoms with Crippen LogP contribution in [0.3, 0.4) is 0 Å². The summed E-state index contributed by atoms with van der Waals surface area (Å²) in [4.78, 5) is 2.45. The maximum absolute atomic E-state index is 4.21. The molecule has 3 atom stereocenters. The fourth-order valence-electron chi connectivity index (χ4n) is 2.62. The zero-order valence-corrected chi connectivity index (χ0v) is 11.1. The van der Waals surface area contributed by atoms with Crippen LogP contribution < -0.4 is 5.32 Å². The van der Waals surface area contributed by atoms with E-state index in [4.69, 9.17) is 0 Å². The molecule has 0 saturated carbocycles. The van der Waals surface area contributed by atoms with E-state index in [-0.39, 0.29) is 0 Å². The van der Waals surface area contributed by atoms with Gasteiger partial charge in [-0.15, -0.1) is 0 Å². The van der Waals surface area contributed by atoms with Gasteiger partial charge in [-0.05, 0) is 32.4 Å². The standard InChI is InChI=1S/C13H24N4/c1-11-10-16(3)12(2)9-13(11)14-6-8-17-7-4-5-15-17/h4-5,7,11-14H,6,8-10H2,1-3H3. The topological polar surface area (TPSA) is 33.1 Å². The second kappa shape index (κ2) is 5.65. The van der Waals surface area contributed by atoms with Gasteiger partial charge in [0.25, 0.3) is 0 Å². The van der Waals surface area contributed by atoms with E-state index >= 15 is 0 Å². The molecule has 4 heteroatoms. The molecule has 0 aliphatic carbocycles. The predicted molar refractivity (Wildman–Crippen MR) is 69.9 cm³/mol. The second-order valence-corrected chi connectivity index (χ2v) is 5.33. The molecule has 96 valence electrons. The molecule has 0 bridgehead atoms. The van der Waals surface area contributed by atoms with Gasteiger partial charge in [-0.3, -0.25) is 4.68 Å². The van der Waals surface area contributed by atoms with Crippen molar-refractivity contribution in [2.45, 2.75) is 38.9 Å². The van der Waals surface area contributed by atoms with Gasteiger partial charge in [0.2, 0.25) is 0 Å². The Morgan fingerprint density at radius 3 is 2.94 bits per heavy atom.